The second-order valence-electron chi connectivity index (χ2n) is 6.03. The van der Waals surface area contributed by atoms with Gasteiger partial charge in [0, 0.05) is 5.69 Å². The van der Waals surface area contributed by atoms with E-state index in [0.29, 0.717) is 10.8 Å². The number of hydrogen-bond donors (Lipinski definition) is 1. The number of tetrazole rings is 1. The topological polar surface area (TPSA) is 72.7 Å². The molecule has 2 aromatic carbocycles. The molecule has 0 saturated heterocycles. The second-order valence-corrected chi connectivity index (χ2v) is 6.97. The first-order valence-corrected chi connectivity index (χ1v) is 9.26. The lowest BCUT2D eigenvalue weighted by Crippen LogP contribution is -2.14. The SMILES string of the molecule is O=C(CSc1nnnn1-c1cccc(F)c1)Nc1ccc2c(c1)CCC2. The van der Waals surface area contributed by atoms with Gasteiger partial charge in [-0.2, -0.15) is 4.68 Å². The highest BCUT2D eigenvalue weighted by Gasteiger charge is 2.14. The van der Waals surface area contributed by atoms with Crippen molar-refractivity contribution in [3.63, 3.8) is 0 Å². The van der Waals surface area contributed by atoms with Crippen molar-refractivity contribution >= 4 is 23.4 Å². The van der Waals surface area contributed by atoms with E-state index in [9.17, 15) is 9.18 Å². The van der Waals surface area contributed by atoms with Crippen LogP contribution in [0.25, 0.3) is 5.69 Å². The number of amides is 1. The van der Waals surface area contributed by atoms with Gasteiger partial charge in [0.1, 0.15) is 5.82 Å². The maximum Gasteiger partial charge on any atom is 0.234 e. The van der Waals surface area contributed by atoms with Gasteiger partial charge in [-0.15, -0.1) is 5.10 Å². The number of carbonyl (C=O) groups excluding carboxylic acids is 1. The van der Waals surface area contributed by atoms with Crippen molar-refractivity contribution in [3.8, 4) is 5.69 Å². The molecule has 0 bridgehead atoms. The molecule has 1 aliphatic rings. The van der Waals surface area contributed by atoms with Gasteiger partial charge in [-0.3, -0.25) is 4.79 Å². The van der Waals surface area contributed by atoms with Crippen LogP contribution in [0.3, 0.4) is 0 Å². The van der Waals surface area contributed by atoms with Crippen LogP contribution in [-0.2, 0) is 17.6 Å². The van der Waals surface area contributed by atoms with Crippen molar-refractivity contribution < 1.29 is 9.18 Å². The minimum Gasteiger partial charge on any atom is -0.325 e. The monoisotopic (exact) mass is 369 g/mol. The highest BCUT2D eigenvalue weighted by molar-refractivity contribution is 7.99. The van der Waals surface area contributed by atoms with E-state index < -0.39 is 0 Å². The second kappa shape index (κ2) is 7.25. The minimum atomic E-state index is -0.372. The molecule has 4 rings (SSSR count). The normalized spacial score (nSPS) is 12.8. The van der Waals surface area contributed by atoms with Gasteiger partial charge in [0.2, 0.25) is 11.1 Å². The van der Waals surface area contributed by atoms with Gasteiger partial charge >= 0.3 is 0 Å². The Morgan fingerprint density at radius 1 is 1.19 bits per heavy atom. The van der Waals surface area contributed by atoms with E-state index in [2.05, 4.69) is 26.9 Å². The highest BCUT2D eigenvalue weighted by atomic mass is 32.2. The summed E-state index contributed by atoms with van der Waals surface area (Å²) in [5.41, 5.74) is 4.00. The van der Waals surface area contributed by atoms with E-state index in [1.807, 2.05) is 12.1 Å². The van der Waals surface area contributed by atoms with E-state index in [1.165, 1.54) is 46.1 Å². The molecule has 0 fully saturated rings. The van der Waals surface area contributed by atoms with Gasteiger partial charge < -0.3 is 5.32 Å². The fourth-order valence-electron chi connectivity index (χ4n) is 3.02. The molecule has 1 aliphatic carbocycles. The molecule has 0 aliphatic heterocycles. The number of rotatable bonds is 5. The number of aromatic nitrogens is 4. The maximum absolute atomic E-state index is 13.4. The summed E-state index contributed by atoms with van der Waals surface area (Å²) in [6.45, 7) is 0. The zero-order valence-corrected chi connectivity index (χ0v) is 14.7. The van der Waals surface area contributed by atoms with Crippen LogP contribution >= 0.6 is 11.8 Å². The Bertz CT molecular complexity index is 958. The molecule has 0 atom stereocenters. The lowest BCUT2D eigenvalue weighted by Gasteiger charge is -2.07. The smallest absolute Gasteiger partial charge is 0.234 e. The Kier molecular flexibility index (Phi) is 4.66. The summed E-state index contributed by atoms with van der Waals surface area (Å²) in [6, 6.07) is 12.0. The van der Waals surface area contributed by atoms with E-state index in [1.54, 1.807) is 12.1 Å². The standard InChI is InChI=1S/C18H16FN5OS/c19-14-5-2-6-16(10-14)24-18(21-22-23-24)26-11-17(25)20-15-8-7-12-3-1-4-13(12)9-15/h2,5-10H,1,3-4,11H2,(H,20,25). The Hall–Kier alpha value is -2.74. The summed E-state index contributed by atoms with van der Waals surface area (Å²) >= 11 is 1.20. The number of fused-ring (bicyclic) bond motifs is 1. The highest BCUT2D eigenvalue weighted by Crippen LogP contribution is 2.25. The minimum absolute atomic E-state index is 0.137. The number of carbonyl (C=O) groups is 1. The van der Waals surface area contributed by atoms with Crippen molar-refractivity contribution in [2.24, 2.45) is 0 Å². The van der Waals surface area contributed by atoms with E-state index in [0.717, 1.165) is 18.5 Å². The summed E-state index contributed by atoms with van der Waals surface area (Å²) < 4.78 is 14.8. The van der Waals surface area contributed by atoms with E-state index in [4.69, 9.17) is 0 Å². The largest absolute Gasteiger partial charge is 0.325 e. The van der Waals surface area contributed by atoms with Crippen LogP contribution in [0.15, 0.2) is 47.6 Å². The third-order valence-corrected chi connectivity index (χ3v) is 5.13. The zero-order chi connectivity index (χ0) is 17.9. The molecule has 6 nitrogen and oxygen atoms in total. The van der Waals surface area contributed by atoms with Gasteiger partial charge in [0.05, 0.1) is 11.4 Å². The molecule has 1 amide bonds. The van der Waals surface area contributed by atoms with Gasteiger partial charge in [-0.1, -0.05) is 23.9 Å². The molecular weight excluding hydrogens is 353 g/mol. The fourth-order valence-corrected chi connectivity index (χ4v) is 3.71. The Morgan fingerprint density at radius 3 is 2.96 bits per heavy atom. The summed E-state index contributed by atoms with van der Waals surface area (Å²) in [7, 11) is 0. The number of aryl methyl sites for hydroxylation is 2. The van der Waals surface area contributed by atoms with E-state index >= 15 is 0 Å². The molecule has 8 heteroatoms. The molecule has 0 unspecified atom stereocenters. The number of thioether (sulfide) groups is 1. The maximum atomic E-state index is 13.4. The van der Waals surface area contributed by atoms with Gasteiger partial charge in [-0.05, 0) is 71.1 Å². The first-order valence-electron chi connectivity index (χ1n) is 8.28. The third kappa shape index (κ3) is 3.60. The van der Waals surface area contributed by atoms with Crippen LogP contribution in [0.4, 0.5) is 10.1 Å². The summed E-state index contributed by atoms with van der Waals surface area (Å²) in [6.07, 6.45) is 3.35. The van der Waals surface area contributed by atoms with Crippen molar-refractivity contribution in [1.29, 1.82) is 0 Å². The molecule has 26 heavy (non-hydrogen) atoms. The van der Waals surface area contributed by atoms with Gasteiger partial charge in [-0.25, -0.2) is 4.39 Å². The molecule has 3 aromatic rings. The Labute approximate surface area is 153 Å². The summed E-state index contributed by atoms with van der Waals surface area (Å²) in [5.74, 6) is -0.350. The number of hydrogen-bond acceptors (Lipinski definition) is 5. The predicted octanol–water partition coefficient (Wildman–Crippen LogP) is 3.02. The van der Waals surface area contributed by atoms with Crippen LogP contribution in [0.1, 0.15) is 17.5 Å². The van der Waals surface area contributed by atoms with Gasteiger partial charge in [0.25, 0.3) is 0 Å². The lowest BCUT2D eigenvalue weighted by molar-refractivity contribution is -0.113. The molecule has 1 aromatic heterocycles. The third-order valence-electron chi connectivity index (χ3n) is 4.21. The quantitative estimate of drug-likeness (QED) is 0.700. The average Bonchev–Trinajstić information content (AvgIpc) is 3.28. The van der Waals surface area contributed by atoms with Crippen LogP contribution < -0.4 is 5.32 Å². The first-order chi connectivity index (χ1) is 12.7. The summed E-state index contributed by atoms with van der Waals surface area (Å²) in [4.78, 5) is 12.2. The molecule has 0 radical (unpaired) electrons. The van der Waals surface area contributed by atoms with Crippen LogP contribution in [0.2, 0.25) is 0 Å². The lowest BCUT2D eigenvalue weighted by atomic mass is 10.1. The fraction of sp³-hybridized carbons (Fsp3) is 0.222. The molecular formula is C18H16FN5OS. The van der Waals surface area contributed by atoms with Crippen LogP contribution in [-0.4, -0.2) is 31.9 Å². The van der Waals surface area contributed by atoms with Crippen molar-refractivity contribution in [2.75, 3.05) is 11.1 Å². The zero-order valence-electron chi connectivity index (χ0n) is 13.9. The van der Waals surface area contributed by atoms with Crippen molar-refractivity contribution in [2.45, 2.75) is 24.4 Å². The van der Waals surface area contributed by atoms with Crippen molar-refractivity contribution in [3.05, 3.63) is 59.4 Å². The van der Waals surface area contributed by atoms with Gasteiger partial charge in [0.15, 0.2) is 0 Å². The Morgan fingerprint density at radius 2 is 2.08 bits per heavy atom. The summed E-state index contributed by atoms with van der Waals surface area (Å²) in [5, 5.41) is 14.7. The molecule has 0 saturated carbocycles. The number of anilines is 1. The number of halogens is 1. The van der Waals surface area contributed by atoms with Crippen molar-refractivity contribution in [1.82, 2.24) is 20.2 Å². The average molecular weight is 369 g/mol. The molecule has 132 valence electrons. The number of benzene rings is 2. The van der Waals surface area contributed by atoms with Crippen LogP contribution in [0, 0.1) is 5.82 Å². The number of nitrogens with one attached hydrogen (secondary N) is 1. The molecule has 1 heterocycles. The first kappa shape index (κ1) is 16.7. The molecule has 1 N–H and O–H groups in total. The molecule has 0 spiro atoms. The van der Waals surface area contributed by atoms with E-state index in [-0.39, 0.29) is 17.5 Å². The van der Waals surface area contributed by atoms with Crippen LogP contribution in [0.5, 0.6) is 0 Å². The Balaban J connectivity index is 1.40. The number of nitrogens with zero attached hydrogens (tertiary/aromatic N) is 4. The predicted molar refractivity (Wildman–Crippen MR) is 96.9 cm³/mol.